The Morgan fingerprint density at radius 3 is 2.92 bits per heavy atom. The molecule has 1 heterocycles. The van der Waals surface area contributed by atoms with Crippen LogP contribution in [0.25, 0.3) is 0 Å². The van der Waals surface area contributed by atoms with E-state index < -0.39 is 0 Å². The molecule has 0 bridgehead atoms. The van der Waals surface area contributed by atoms with Gasteiger partial charge in [0.2, 0.25) is 0 Å². The molecule has 1 amide bonds. The minimum absolute atomic E-state index is 0.0191. The lowest BCUT2D eigenvalue weighted by atomic mass is 10.4. The molecular formula is C9H13N3O. The smallest absolute Gasteiger partial charge is 0.269 e. The minimum atomic E-state index is -0.0191. The van der Waals surface area contributed by atoms with E-state index in [1.54, 1.807) is 24.0 Å². The Kier molecular flexibility index (Phi) is 1.83. The van der Waals surface area contributed by atoms with Gasteiger partial charge in [0, 0.05) is 19.3 Å². The second kappa shape index (κ2) is 2.87. The van der Waals surface area contributed by atoms with Crippen molar-refractivity contribution in [2.75, 3.05) is 0 Å². The molecule has 1 aromatic rings. The maximum Gasteiger partial charge on any atom is 0.269 e. The summed E-state index contributed by atoms with van der Waals surface area (Å²) in [4.78, 5) is 11.6. The summed E-state index contributed by atoms with van der Waals surface area (Å²) >= 11 is 0. The van der Waals surface area contributed by atoms with E-state index in [9.17, 15) is 4.79 Å². The lowest BCUT2D eigenvalue weighted by Crippen LogP contribution is -2.28. The molecule has 1 aliphatic carbocycles. The predicted octanol–water partition coefficient (Wildman–Crippen LogP) is 0.558. The van der Waals surface area contributed by atoms with Crippen LogP contribution in [0.5, 0.6) is 0 Å². The van der Waals surface area contributed by atoms with Crippen molar-refractivity contribution in [1.29, 1.82) is 0 Å². The van der Waals surface area contributed by atoms with Gasteiger partial charge in [-0.1, -0.05) is 6.92 Å². The van der Waals surface area contributed by atoms with Crippen LogP contribution in [-0.4, -0.2) is 21.7 Å². The van der Waals surface area contributed by atoms with Gasteiger partial charge in [-0.15, -0.1) is 0 Å². The maximum absolute atomic E-state index is 11.6. The van der Waals surface area contributed by atoms with Gasteiger partial charge in [-0.3, -0.25) is 9.48 Å². The SMILES string of the molecule is CC1CC1NC(=O)c1ccnn1C. The first-order valence-electron chi connectivity index (χ1n) is 4.47. The van der Waals surface area contributed by atoms with Crippen LogP contribution < -0.4 is 5.32 Å². The number of rotatable bonds is 2. The van der Waals surface area contributed by atoms with Gasteiger partial charge in [-0.2, -0.15) is 5.10 Å². The van der Waals surface area contributed by atoms with Crippen LogP contribution in [0.1, 0.15) is 23.8 Å². The van der Waals surface area contributed by atoms with Crippen LogP contribution in [0.2, 0.25) is 0 Å². The number of nitrogens with one attached hydrogen (secondary N) is 1. The Labute approximate surface area is 76.9 Å². The van der Waals surface area contributed by atoms with E-state index in [-0.39, 0.29) is 5.91 Å². The van der Waals surface area contributed by atoms with Crippen molar-refractivity contribution in [3.63, 3.8) is 0 Å². The largest absolute Gasteiger partial charge is 0.348 e. The summed E-state index contributed by atoms with van der Waals surface area (Å²) in [6, 6.07) is 2.10. The molecule has 1 aromatic heterocycles. The van der Waals surface area contributed by atoms with Gasteiger partial charge in [0.1, 0.15) is 5.69 Å². The third-order valence-corrected chi connectivity index (χ3v) is 2.48. The van der Waals surface area contributed by atoms with Crippen LogP contribution in [0.15, 0.2) is 12.3 Å². The zero-order valence-corrected chi connectivity index (χ0v) is 7.82. The van der Waals surface area contributed by atoms with Crippen molar-refractivity contribution >= 4 is 5.91 Å². The molecule has 1 saturated carbocycles. The number of nitrogens with zero attached hydrogens (tertiary/aromatic N) is 2. The van der Waals surface area contributed by atoms with Crippen LogP contribution in [-0.2, 0) is 7.05 Å². The lowest BCUT2D eigenvalue weighted by molar-refractivity contribution is 0.0940. The van der Waals surface area contributed by atoms with Gasteiger partial charge in [0.25, 0.3) is 5.91 Å². The average Bonchev–Trinajstić information content (AvgIpc) is 2.62. The molecule has 0 spiro atoms. The van der Waals surface area contributed by atoms with Gasteiger partial charge >= 0.3 is 0 Å². The van der Waals surface area contributed by atoms with Crippen LogP contribution in [0.4, 0.5) is 0 Å². The molecule has 13 heavy (non-hydrogen) atoms. The van der Waals surface area contributed by atoms with Crippen molar-refractivity contribution in [1.82, 2.24) is 15.1 Å². The molecule has 2 atom stereocenters. The molecule has 0 radical (unpaired) electrons. The Balaban J connectivity index is 2.01. The Morgan fingerprint density at radius 2 is 2.46 bits per heavy atom. The van der Waals surface area contributed by atoms with Gasteiger partial charge in [0.05, 0.1) is 0 Å². The Bertz CT molecular complexity index is 331. The van der Waals surface area contributed by atoms with Crippen LogP contribution >= 0.6 is 0 Å². The average molecular weight is 179 g/mol. The maximum atomic E-state index is 11.6. The summed E-state index contributed by atoms with van der Waals surface area (Å²) in [5.41, 5.74) is 0.624. The van der Waals surface area contributed by atoms with E-state index in [1.807, 2.05) is 0 Å². The number of carbonyl (C=O) groups is 1. The first-order chi connectivity index (χ1) is 6.18. The zero-order valence-electron chi connectivity index (χ0n) is 7.82. The monoisotopic (exact) mass is 179 g/mol. The third kappa shape index (κ3) is 1.56. The highest BCUT2D eigenvalue weighted by Gasteiger charge is 2.34. The first-order valence-corrected chi connectivity index (χ1v) is 4.47. The van der Waals surface area contributed by atoms with E-state index in [0.717, 1.165) is 6.42 Å². The summed E-state index contributed by atoms with van der Waals surface area (Å²) in [6.45, 7) is 2.13. The topological polar surface area (TPSA) is 46.9 Å². The fourth-order valence-electron chi connectivity index (χ4n) is 1.36. The van der Waals surface area contributed by atoms with E-state index in [1.165, 1.54) is 0 Å². The molecule has 1 aliphatic rings. The number of hydrogen-bond donors (Lipinski definition) is 1. The Morgan fingerprint density at radius 1 is 1.77 bits per heavy atom. The van der Waals surface area contributed by atoms with Gasteiger partial charge < -0.3 is 5.32 Å². The molecule has 70 valence electrons. The van der Waals surface area contributed by atoms with E-state index in [4.69, 9.17) is 0 Å². The molecule has 0 aliphatic heterocycles. The molecule has 4 nitrogen and oxygen atoms in total. The molecule has 1 fully saturated rings. The van der Waals surface area contributed by atoms with Crippen LogP contribution in [0, 0.1) is 5.92 Å². The first kappa shape index (κ1) is 8.29. The summed E-state index contributed by atoms with van der Waals surface area (Å²) in [5.74, 6) is 0.617. The summed E-state index contributed by atoms with van der Waals surface area (Å²) in [5, 5.41) is 6.89. The van der Waals surface area contributed by atoms with E-state index >= 15 is 0 Å². The minimum Gasteiger partial charge on any atom is -0.348 e. The molecule has 1 N–H and O–H groups in total. The summed E-state index contributed by atoms with van der Waals surface area (Å²) in [6.07, 6.45) is 2.73. The number of amides is 1. The van der Waals surface area contributed by atoms with Gasteiger partial charge in [-0.25, -0.2) is 0 Å². The Hall–Kier alpha value is -1.32. The molecular weight excluding hydrogens is 166 g/mol. The van der Waals surface area contributed by atoms with E-state index in [0.29, 0.717) is 17.7 Å². The highest BCUT2D eigenvalue weighted by atomic mass is 16.2. The van der Waals surface area contributed by atoms with Crippen molar-refractivity contribution in [2.24, 2.45) is 13.0 Å². The highest BCUT2D eigenvalue weighted by Crippen LogP contribution is 2.29. The standard InChI is InChI=1S/C9H13N3O/c1-6-5-7(6)11-9(13)8-3-4-10-12(8)2/h3-4,6-7H,5H2,1-2H3,(H,11,13). The number of hydrogen-bond acceptors (Lipinski definition) is 2. The predicted molar refractivity (Wildman–Crippen MR) is 48.2 cm³/mol. The fourth-order valence-corrected chi connectivity index (χ4v) is 1.36. The lowest BCUT2D eigenvalue weighted by Gasteiger charge is -2.02. The van der Waals surface area contributed by atoms with Crippen LogP contribution in [0.3, 0.4) is 0 Å². The molecule has 2 rings (SSSR count). The molecule has 4 heteroatoms. The van der Waals surface area contributed by atoms with Gasteiger partial charge in [0.15, 0.2) is 0 Å². The quantitative estimate of drug-likeness (QED) is 0.721. The number of aromatic nitrogens is 2. The number of carbonyl (C=O) groups excluding carboxylic acids is 1. The molecule has 0 aromatic carbocycles. The van der Waals surface area contributed by atoms with Crippen molar-refractivity contribution in [3.8, 4) is 0 Å². The fraction of sp³-hybridized carbons (Fsp3) is 0.556. The van der Waals surface area contributed by atoms with Gasteiger partial charge in [-0.05, 0) is 18.4 Å². The second-order valence-corrected chi connectivity index (χ2v) is 3.63. The zero-order chi connectivity index (χ0) is 9.42. The molecule has 2 unspecified atom stereocenters. The molecule has 0 saturated heterocycles. The van der Waals surface area contributed by atoms with Crippen molar-refractivity contribution in [2.45, 2.75) is 19.4 Å². The third-order valence-electron chi connectivity index (χ3n) is 2.48. The summed E-state index contributed by atoms with van der Waals surface area (Å²) < 4.78 is 1.59. The summed E-state index contributed by atoms with van der Waals surface area (Å²) in [7, 11) is 1.77. The number of aryl methyl sites for hydroxylation is 1. The normalized spacial score (nSPS) is 25.7. The van der Waals surface area contributed by atoms with E-state index in [2.05, 4.69) is 17.3 Å². The van der Waals surface area contributed by atoms with Crippen molar-refractivity contribution in [3.05, 3.63) is 18.0 Å². The second-order valence-electron chi connectivity index (χ2n) is 3.63. The highest BCUT2D eigenvalue weighted by molar-refractivity contribution is 5.92. The van der Waals surface area contributed by atoms with Crippen molar-refractivity contribution < 1.29 is 4.79 Å².